The van der Waals surface area contributed by atoms with Gasteiger partial charge in [-0.15, -0.1) is 0 Å². The van der Waals surface area contributed by atoms with Crippen molar-refractivity contribution >= 4 is 11.6 Å². The number of anilines is 1. The van der Waals surface area contributed by atoms with Gasteiger partial charge in [0, 0.05) is 19.7 Å². The number of nitrogens with one attached hydrogen (secondary N) is 1. The van der Waals surface area contributed by atoms with E-state index in [0.29, 0.717) is 36.8 Å². The molecule has 1 amide bonds. The second-order valence-electron chi connectivity index (χ2n) is 4.64. The smallest absolute Gasteiger partial charge is 0.271 e. The van der Waals surface area contributed by atoms with E-state index in [-0.39, 0.29) is 12.5 Å². The molecule has 0 radical (unpaired) electrons. The molecule has 0 aromatic carbocycles. The molecule has 0 fully saturated rings. The topological polar surface area (TPSA) is 93.2 Å². The van der Waals surface area contributed by atoms with Gasteiger partial charge in [0.15, 0.2) is 0 Å². The Morgan fingerprint density at radius 2 is 2.26 bits per heavy atom. The number of aliphatic hydroxyl groups excluding tert-OH is 1. The van der Waals surface area contributed by atoms with E-state index in [1.165, 1.54) is 6.20 Å². The minimum absolute atomic E-state index is 0.148. The highest BCUT2D eigenvalue weighted by atomic mass is 16.3. The van der Waals surface area contributed by atoms with Gasteiger partial charge in [0.2, 0.25) is 0 Å². The van der Waals surface area contributed by atoms with E-state index < -0.39 is 0 Å². The molecule has 0 saturated heterocycles. The number of aryl methyl sites for hydroxylation is 1. The average molecular weight is 268 g/mol. The fourth-order valence-corrected chi connectivity index (χ4v) is 2.15. The lowest BCUT2D eigenvalue weighted by molar-refractivity contribution is 0.0933. The monoisotopic (exact) mass is 268 g/mol. The number of carbonyl (C=O) groups is 1. The lowest BCUT2D eigenvalue weighted by atomic mass is 10.0. The molecule has 0 saturated carbocycles. The summed E-state index contributed by atoms with van der Waals surface area (Å²) in [5.41, 5.74) is 6.57. The maximum Gasteiger partial charge on any atom is 0.271 e. The third-order valence-electron chi connectivity index (χ3n) is 3.17. The van der Waals surface area contributed by atoms with E-state index in [9.17, 15) is 4.79 Å². The Labute approximate surface area is 114 Å². The second kappa shape index (κ2) is 7.78. The summed E-state index contributed by atoms with van der Waals surface area (Å²) >= 11 is 0. The highest BCUT2D eigenvalue weighted by molar-refractivity contribution is 5.97. The first-order valence-electron chi connectivity index (χ1n) is 6.84. The van der Waals surface area contributed by atoms with Crippen LogP contribution < -0.4 is 11.1 Å². The SMILES string of the molecule is CCCC(CCO)CNC(=O)c1c(N)cnn1CC. The fraction of sp³-hybridized carbons (Fsp3) is 0.692. The Morgan fingerprint density at radius 1 is 1.53 bits per heavy atom. The molecule has 1 unspecified atom stereocenters. The van der Waals surface area contributed by atoms with Crippen LogP contribution in [0.2, 0.25) is 0 Å². The third kappa shape index (κ3) is 4.24. The fourth-order valence-electron chi connectivity index (χ4n) is 2.15. The van der Waals surface area contributed by atoms with Crippen molar-refractivity contribution in [2.24, 2.45) is 5.92 Å². The van der Waals surface area contributed by atoms with Gasteiger partial charge >= 0.3 is 0 Å². The van der Waals surface area contributed by atoms with Gasteiger partial charge in [-0.05, 0) is 25.7 Å². The van der Waals surface area contributed by atoms with Crippen LogP contribution >= 0.6 is 0 Å². The van der Waals surface area contributed by atoms with E-state index in [1.807, 2.05) is 6.92 Å². The molecule has 19 heavy (non-hydrogen) atoms. The minimum atomic E-state index is -0.198. The summed E-state index contributed by atoms with van der Waals surface area (Å²) in [6.45, 7) is 5.32. The predicted molar refractivity (Wildman–Crippen MR) is 74.7 cm³/mol. The van der Waals surface area contributed by atoms with Crippen molar-refractivity contribution in [1.82, 2.24) is 15.1 Å². The number of amides is 1. The number of rotatable bonds is 8. The number of nitrogens with two attached hydrogens (primary N) is 1. The first-order valence-corrected chi connectivity index (χ1v) is 6.84. The van der Waals surface area contributed by atoms with Crippen LogP contribution in [0.25, 0.3) is 0 Å². The van der Waals surface area contributed by atoms with Gasteiger partial charge in [-0.1, -0.05) is 13.3 Å². The number of aliphatic hydroxyl groups is 1. The molecule has 4 N–H and O–H groups in total. The first-order chi connectivity index (χ1) is 9.13. The van der Waals surface area contributed by atoms with Crippen molar-refractivity contribution in [2.45, 2.75) is 39.7 Å². The lowest BCUT2D eigenvalue weighted by Gasteiger charge is -2.16. The Morgan fingerprint density at radius 3 is 2.84 bits per heavy atom. The standard InChI is InChI=1S/C13H24N4O2/c1-3-5-10(6-7-18)8-15-13(19)12-11(14)9-16-17(12)4-2/h9-10,18H,3-8,14H2,1-2H3,(H,15,19). The normalized spacial score (nSPS) is 12.4. The number of hydrogen-bond acceptors (Lipinski definition) is 4. The Balaban J connectivity index is 2.61. The third-order valence-corrected chi connectivity index (χ3v) is 3.17. The lowest BCUT2D eigenvalue weighted by Crippen LogP contribution is -2.32. The highest BCUT2D eigenvalue weighted by Crippen LogP contribution is 2.12. The summed E-state index contributed by atoms with van der Waals surface area (Å²) in [4.78, 5) is 12.1. The van der Waals surface area contributed by atoms with Gasteiger partial charge in [-0.25, -0.2) is 0 Å². The maximum atomic E-state index is 12.1. The Hall–Kier alpha value is -1.56. The van der Waals surface area contributed by atoms with Gasteiger partial charge in [0.1, 0.15) is 5.69 Å². The van der Waals surface area contributed by atoms with Gasteiger partial charge in [-0.3, -0.25) is 9.48 Å². The molecule has 108 valence electrons. The van der Waals surface area contributed by atoms with Gasteiger partial charge < -0.3 is 16.2 Å². The van der Waals surface area contributed by atoms with Crippen LogP contribution in [-0.4, -0.2) is 33.9 Å². The van der Waals surface area contributed by atoms with Gasteiger partial charge in [0.05, 0.1) is 11.9 Å². The molecule has 1 atom stereocenters. The molecular weight excluding hydrogens is 244 g/mol. The van der Waals surface area contributed by atoms with Crippen LogP contribution in [-0.2, 0) is 6.54 Å². The number of hydrogen-bond donors (Lipinski definition) is 3. The predicted octanol–water partition coefficient (Wildman–Crippen LogP) is 1.01. The van der Waals surface area contributed by atoms with Crippen LogP contribution in [0.3, 0.4) is 0 Å². The maximum absolute atomic E-state index is 12.1. The van der Waals surface area contributed by atoms with Crippen molar-refractivity contribution in [1.29, 1.82) is 0 Å². The number of nitrogen functional groups attached to an aromatic ring is 1. The summed E-state index contributed by atoms with van der Waals surface area (Å²) < 4.78 is 1.59. The molecule has 0 aliphatic rings. The van der Waals surface area contributed by atoms with Crippen molar-refractivity contribution in [3.05, 3.63) is 11.9 Å². The van der Waals surface area contributed by atoms with Crippen molar-refractivity contribution < 1.29 is 9.90 Å². The zero-order chi connectivity index (χ0) is 14.3. The van der Waals surface area contributed by atoms with Crippen LogP contribution in [0, 0.1) is 5.92 Å². The van der Waals surface area contributed by atoms with Gasteiger partial charge in [0.25, 0.3) is 5.91 Å². The van der Waals surface area contributed by atoms with E-state index >= 15 is 0 Å². The Kier molecular flexibility index (Phi) is 6.35. The molecule has 0 bridgehead atoms. The summed E-state index contributed by atoms with van der Waals surface area (Å²) in [6, 6.07) is 0. The number of nitrogens with zero attached hydrogens (tertiary/aromatic N) is 2. The van der Waals surface area contributed by atoms with Crippen molar-refractivity contribution in [2.75, 3.05) is 18.9 Å². The largest absolute Gasteiger partial charge is 0.396 e. The first kappa shape index (κ1) is 15.5. The van der Waals surface area contributed by atoms with E-state index in [0.717, 1.165) is 12.8 Å². The molecule has 6 heteroatoms. The van der Waals surface area contributed by atoms with Crippen LogP contribution in [0.15, 0.2) is 6.20 Å². The van der Waals surface area contributed by atoms with E-state index in [2.05, 4.69) is 17.3 Å². The molecule has 1 aromatic heterocycles. The summed E-state index contributed by atoms with van der Waals surface area (Å²) in [7, 11) is 0. The molecule has 0 aliphatic heterocycles. The summed E-state index contributed by atoms with van der Waals surface area (Å²) in [5.74, 6) is 0.106. The van der Waals surface area contributed by atoms with E-state index in [4.69, 9.17) is 10.8 Å². The molecular formula is C13H24N4O2. The van der Waals surface area contributed by atoms with E-state index in [1.54, 1.807) is 4.68 Å². The molecule has 1 rings (SSSR count). The zero-order valence-corrected chi connectivity index (χ0v) is 11.7. The van der Waals surface area contributed by atoms with Crippen LogP contribution in [0.5, 0.6) is 0 Å². The molecule has 1 aromatic rings. The van der Waals surface area contributed by atoms with Crippen molar-refractivity contribution in [3.63, 3.8) is 0 Å². The average Bonchev–Trinajstić information content (AvgIpc) is 2.77. The highest BCUT2D eigenvalue weighted by Gasteiger charge is 2.17. The zero-order valence-electron chi connectivity index (χ0n) is 11.7. The quantitative estimate of drug-likeness (QED) is 0.656. The summed E-state index contributed by atoms with van der Waals surface area (Å²) in [6.07, 6.45) is 4.23. The van der Waals surface area contributed by atoms with Crippen LogP contribution in [0.4, 0.5) is 5.69 Å². The van der Waals surface area contributed by atoms with Crippen LogP contribution in [0.1, 0.15) is 43.6 Å². The molecule has 0 spiro atoms. The molecule has 0 aliphatic carbocycles. The Bertz CT molecular complexity index is 397. The second-order valence-corrected chi connectivity index (χ2v) is 4.64. The van der Waals surface area contributed by atoms with Gasteiger partial charge in [-0.2, -0.15) is 5.10 Å². The van der Waals surface area contributed by atoms with Crippen molar-refractivity contribution in [3.8, 4) is 0 Å². The molecule has 1 heterocycles. The molecule has 6 nitrogen and oxygen atoms in total. The number of aromatic nitrogens is 2. The summed E-state index contributed by atoms with van der Waals surface area (Å²) in [5, 5.41) is 15.9. The number of carbonyl (C=O) groups excluding carboxylic acids is 1. The minimum Gasteiger partial charge on any atom is -0.396 e.